The number of anilines is 1. The molecule has 1 N–H and O–H groups in total. The van der Waals surface area contributed by atoms with E-state index >= 15 is 0 Å². The van der Waals surface area contributed by atoms with Gasteiger partial charge in [-0.25, -0.2) is 8.42 Å². The molecule has 0 radical (unpaired) electrons. The largest absolute Gasteiger partial charge is 0.326 e. The summed E-state index contributed by atoms with van der Waals surface area (Å²) >= 11 is 0. The third-order valence-corrected chi connectivity index (χ3v) is 7.42. The standard InChI is InChI=1S/C19H29N3O3S/c1-2-21-11-13-22(14-12-21)26(24,25)18-9-7-17(8-10-18)20-19(23)15-16-5-3-4-6-16/h7-10,16H,2-6,11-15H2,1H3,(H,20,23). The first kappa shape index (κ1) is 19.3. The number of rotatable bonds is 6. The van der Waals surface area contributed by atoms with Crippen LogP contribution in [-0.4, -0.2) is 56.3 Å². The number of likely N-dealkylation sites (N-methyl/N-ethyl adjacent to an activating group) is 1. The Hall–Kier alpha value is -1.44. The zero-order valence-electron chi connectivity index (χ0n) is 15.5. The number of carbonyl (C=O) groups excluding carboxylic acids is 1. The average Bonchev–Trinajstić information content (AvgIpc) is 3.15. The molecule has 1 amide bonds. The van der Waals surface area contributed by atoms with Crippen molar-refractivity contribution in [3.05, 3.63) is 24.3 Å². The minimum Gasteiger partial charge on any atom is -0.326 e. The predicted molar refractivity (Wildman–Crippen MR) is 103 cm³/mol. The second kappa shape index (κ2) is 8.50. The minimum atomic E-state index is -3.46. The van der Waals surface area contributed by atoms with Gasteiger partial charge in [-0.15, -0.1) is 0 Å². The molecule has 2 aliphatic rings. The van der Waals surface area contributed by atoms with Crippen LogP contribution in [0, 0.1) is 5.92 Å². The molecule has 7 heteroatoms. The summed E-state index contributed by atoms with van der Waals surface area (Å²) in [5.41, 5.74) is 0.655. The number of piperazine rings is 1. The number of benzene rings is 1. The zero-order valence-corrected chi connectivity index (χ0v) is 16.3. The normalized spacial score (nSPS) is 20.3. The van der Waals surface area contributed by atoms with Gasteiger partial charge in [0, 0.05) is 38.3 Å². The van der Waals surface area contributed by atoms with Crippen LogP contribution in [0.4, 0.5) is 5.69 Å². The molecule has 1 aromatic carbocycles. The number of carbonyl (C=O) groups is 1. The highest BCUT2D eigenvalue weighted by Crippen LogP contribution is 2.28. The van der Waals surface area contributed by atoms with E-state index in [0.717, 1.165) is 32.5 Å². The van der Waals surface area contributed by atoms with Crippen LogP contribution in [0.5, 0.6) is 0 Å². The van der Waals surface area contributed by atoms with Gasteiger partial charge < -0.3 is 10.2 Å². The Morgan fingerprint density at radius 3 is 2.27 bits per heavy atom. The highest BCUT2D eigenvalue weighted by atomic mass is 32.2. The monoisotopic (exact) mass is 379 g/mol. The van der Waals surface area contributed by atoms with E-state index < -0.39 is 10.0 Å². The van der Waals surface area contributed by atoms with Crippen molar-refractivity contribution < 1.29 is 13.2 Å². The maximum absolute atomic E-state index is 12.8. The molecule has 0 unspecified atom stereocenters. The minimum absolute atomic E-state index is 0.0168. The maximum atomic E-state index is 12.8. The summed E-state index contributed by atoms with van der Waals surface area (Å²) in [4.78, 5) is 14.6. The van der Waals surface area contributed by atoms with E-state index in [1.807, 2.05) is 0 Å². The van der Waals surface area contributed by atoms with Gasteiger partial charge in [0.1, 0.15) is 0 Å². The summed E-state index contributed by atoms with van der Waals surface area (Å²) in [5, 5.41) is 2.89. The summed E-state index contributed by atoms with van der Waals surface area (Å²) < 4.78 is 27.1. The Morgan fingerprint density at radius 2 is 1.69 bits per heavy atom. The van der Waals surface area contributed by atoms with Crippen LogP contribution in [0.3, 0.4) is 0 Å². The molecule has 1 aromatic rings. The molecule has 1 saturated heterocycles. The molecule has 2 fully saturated rings. The third-order valence-electron chi connectivity index (χ3n) is 5.50. The van der Waals surface area contributed by atoms with Crippen LogP contribution in [0.1, 0.15) is 39.0 Å². The molecule has 1 aliphatic heterocycles. The lowest BCUT2D eigenvalue weighted by molar-refractivity contribution is -0.117. The van der Waals surface area contributed by atoms with Crippen molar-refractivity contribution in [3.8, 4) is 0 Å². The van der Waals surface area contributed by atoms with E-state index in [4.69, 9.17) is 0 Å². The van der Waals surface area contributed by atoms with Gasteiger partial charge in [0.05, 0.1) is 4.90 Å². The van der Waals surface area contributed by atoms with Gasteiger partial charge in [0.15, 0.2) is 0 Å². The Bertz CT molecular complexity index is 704. The van der Waals surface area contributed by atoms with Crippen molar-refractivity contribution in [2.24, 2.45) is 5.92 Å². The first-order valence-corrected chi connectivity index (χ1v) is 11.1. The molecule has 6 nitrogen and oxygen atoms in total. The van der Waals surface area contributed by atoms with Crippen LogP contribution in [0.25, 0.3) is 0 Å². The second-order valence-corrected chi connectivity index (χ2v) is 9.20. The number of hydrogen-bond acceptors (Lipinski definition) is 4. The SMILES string of the molecule is CCN1CCN(S(=O)(=O)c2ccc(NC(=O)CC3CCCC3)cc2)CC1. The van der Waals surface area contributed by atoms with Gasteiger partial charge in [-0.3, -0.25) is 4.79 Å². The van der Waals surface area contributed by atoms with Crippen LogP contribution in [0.15, 0.2) is 29.2 Å². The predicted octanol–water partition coefficient (Wildman–Crippen LogP) is 2.53. The average molecular weight is 380 g/mol. The van der Waals surface area contributed by atoms with E-state index in [0.29, 0.717) is 31.1 Å². The summed E-state index contributed by atoms with van der Waals surface area (Å²) in [7, 11) is -3.46. The molecule has 3 rings (SSSR count). The molecule has 0 bridgehead atoms. The maximum Gasteiger partial charge on any atom is 0.243 e. The molecule has 144 valence electrons. The van der Waals surface area contributed by atoms with Crippen molar-refractivity contribution >= 4 is 21.6 Å². The van der Waals surface area contributed by atoms with E-state index in [2.05, 4.69) is 17.1 Å². The van der Waals surface area contributed by atoms with E-state index in [1.54, 1.807) is 28.6 Å². The number of sulfonamides is 1. The molecule has 0 aromatic heterocycles. The van der Waals surface area contributed by atoms with Crippen molar-refractivity contribution in [2.75, 3.05) is 38.0 Å². The number of nitrogens with one attached hydrogen (secondary N) is 1. The lowest BCUT2D eigenvalue weighted by Crippen LogP contribution is -2.48. The fraction of sp³-hybridized carbons (Fsp3) is 0.632. The lowest BCUT2D eigenvalue weighted by atomic mass is 10.0. The van der Waals surface area contributed by atoms with Gasteiger partial charge in [-0.1, -0.05) is 19.8 Å². The van der Waals surface area contributed by atoms with Crippen LogP contribution in [0.2, 0.25) is 0 Å². The highest BCUT2D eigenvalue weighted by molar-refractivity contribution is 7.89. The molecular weight excluding hydrogens is 350 g/mol. The van der Waals surface area contributed by atoms with Crippen LogP contribution in [-0.2, 0) is 14.8 Å². The van der Waals surface area contributed by atoms with Gasteiger partial charge in [0.2, 0.25) is 15.9 Å². The number of nitrogens with zero attached hydrogens (tertiary/aromatic N) is 2. The first-order valence-electron chi connectivity index (χ1n) is 9.61. The van der Waals surface area contributed by atoms with Crippen molar-refractivity contribution in [3.63, 3.8) is 0 Å². The fourth-order valence-electron chi connectivity index (χ4n) is 3.83. The highest BCUT2D eigenvalue weighted by Gasteiger charge is 2.28. The fourth-order valence-corrected chi connectivity index (χ4v) is 5.26. The number of hydrogen-bond donors (Lipinski definition) is 1. The number of amides is 1. The molecule has 26 heavy (non-hydrogen) atoms. The molecule has 1 saturated carbocycles. The third kappa shape index (κ3) is 4.64. The molecule has 1 heterocycles. The van der Waals surface area contributed by atoms with E-state index in [-0.39, 0.29) is 10.8 Å². The van der Waals surface area contributed by atoms with E-state index in [9.17, 15) is 13.2 Å². The van der Waals surface area contributed by atoms with Crippen LogP contribution < -0.4 is 5.32 Å². The van der Waals surface area contributed by atoms with E-state index in [1.165, 1.54) is 12.8 Å². The summed E-state index contributed by atoms with van der Waals surface area (Å²) in [6.45, 7) is 5.62. The lowest BCUT2D eigenvalue weighted by Gasteiger charge is -2.33. The smallest absolute Gasteiger partial charge is 0.243 e. The van der Waals surface area contributed by atoms with Gasteiger partial charge in [-0.05, 0) is 49.6 Å². The Labute approximate surface area is 156 Å². The molecule has 0 spiro atoms. The molecular formula is C19H29N3O3S. The van der Waals surface area contributed by atoms with Gasteiger partial charge >= 0.3 is 0 Å². The van der Waals surface area contributed by atoms with Crippen LogP contribution >= 0.6 is 0 Å². The topological polar surface area (TPSA) is 69.7 Å². The molecule has 1 aliphatic carbocycles. The van der Waals surface area contributed by atoms with Crippen molar-refractivity contribution in [2.45, 2.75) is 43.9 Å². The summed E-state index contributed by atoms with van der Waals surface area (Å²) in [5.74, 6) is 0.514. The Morgan fingerprint density at radius 1 is 1.08 bits per heavy atom. The zero-order chi connectivity index (χ0) is 18.6. The Balaban J connectivity index is 1.58. The quantitative estimate of drug-likeness (QED) is 0.825. The summed E-state index contributed by atoms with van der Waals surface area (Å²) in [6, 6.07) is 6.54. The first-order chi connectivity index (χ1) is 12.5. The second-order valence-electron chi connectivity index (χ2n) is 7.27. The summed E-state index contributed by atoms with van der Waals surface area (Å²) in [6.07, 6.45) is 5.27. The van der Waals surface area contributed by atoms with Gasteiger partial charge in [0.25, 0.3) is 0 Å². The van der Waals surface area contributed by atoms with Gasteiger partial charge in [-0.2, -0.15) is 4.31 Å². The van der Waals surface area contributed by atoms with Crippen molar-refractivity contribution in [1.29, 1.82) is 0 Å². The van der Waals surface area contributed by atoms with Crippen molar-refractivity contribution in [1.82, 2.24) is 9.21 Å². The Kier molecular flexibility index (Phi) is 6.32. The molecule has 0 atom stereocenters.